The Balaban J connectivity index is 0.000000810. The van der Waals surface area contributed by atoms with E-state index in [1.807, 2.05) is 31.2 Å². The molecule has 0 aromatic heterocycles. The topological polar surface area (TPSA) is 9.23 Å². The van der Waals surface area contributed by atoms with Crippen LogP contribution in [0.5, 0.6) is 5.75 Å². The van der Waals surface area contributed by atoms with E-state index >= 15 is 0 Å². The molecule has 0 aliphatic heterocycles. The van der Waals surface area contributed by atoms with Gasteiger partial charge in [-0.2, -0.15) is 18.2 Å². The Morgan fingerprint density at radius 3 is 2.50 bits per heavy atom. The largest absolute Gasteiger partial charge is 0.519 e. The summed E-state index contributed by atoms with van der Waals surface area (Å²) in [5.41, 5.74) is 0. The van der Waals surface area contributed by atoms with Crippen LogP contribution in [-0.4, -0.2) is 6.61 Å². The summed E-state index contributed by atoms with van der Waals surface area (Å²) in [6.07, 6.45) is 0. The van der Waals surface area contributed by atoms with Gasteiger partial charge < -0.3 is 4.74 Å². The van der Waals surface area contributed by atoms with E-state index in [1.165, 1.54) is 0 Å². The average molecular weight is 359 g/mol. The fraction of sp³-hybridized carbons (Fsp3) is 0.250. The van der Waals surface area contributed by atoms with E-state index in [0.29, 0.717) is 0 Å². The van der Waals surface area contributed by atoms with Gasteiger partial charge in [-0.25, -0.2) is 0 Å². The van der Waals surface area contributed by atoms with Gasteiger partial charge in [-0.1, -0.05) is 0 Å². The fourth-order valence-corrected chi connectivity index (χ4v) is 0.634. The van der Waals surface area contributed by atoms with E-state index in [4.69, 9.17) is 4.74 Å². The Bertz CT molecular complexity index is 162. The van der Waals surface area contributed by atoms with Gasteiger partial charge in [-0.05, 0) is 6.92 Å². The number of ether oxygens (including phenoxy) is 1. The molecule has 0 heterocycles. The second-order valence-electron chi connectivity index (χ2n) is 1.67. The maximum Gasteiger partial charge on any atom is 0.0822 e. The van der Waals surface area contributed by atoms with Gasteiger partial charge in [-0.3, -0.25) is 0 Å². The van der Waals surface area contributed by atoms with Crippen LogP contribution in [0.4, 0.5) is 0 Å². The summed E-state index contributed by atoms with van der Waals surface area (Å²) in [5.74, 6) is 0.913. The van der Waals surface area contributed by atoms with E-state index in [2.05, 4.69) is 6.07 Å². The van der Waals surface area contributed by atoms with E-state index in [-0.39, 0.29) is 31.1 Å². The van der Waals surface area contributed by atoms with Gasteiger partial charge in [0.1, 0.15) is 0 Å². The molecule has 0 unspecified atom stereocenters. The fourth-order valence-electron chi connectivity index (χ4n) is 0.634. The Hall–Kier alpha value is 0.0719. The average Bonchev–Trinajstić information content (AvgIpc) is 1.91. The summed E-state index contributed by atoms with van der Waals surface area (Å²) in [6, 6.07) is 10.4. The zero-order valence-electron chi connectivity index (χ0n) is 5.92. The summed E-state index contributed by atoms with van der Waals surface area (Å²) >= 11 is 0. The van der Waals surface area contributed by atoms with E-state index in [0.717, 1.165) is 12.4 Å². The molecule has 1 rings (SSSR count). The van der Waals surface area contributed by atoms with Crippen LogP contribution in [-0.2, 0) is 0 Å². The third kappa shape index (κ3) is 3.29. The molecule has 0 aliphatic carbocycles. The predicted octanol–water partition coefficient (Wildman–Crippen LogP) is 1.89. The van der Waals surface area contributed by atoms with Crippen molar-refractivity contribution in [2.24, 2.45) is 0 Å². The smallest absolute Gasteiger partial charge is 0.0822 e. The molecule has 0 N–H and O–H groups in total. The maximum absolute atomic E-state index is 5.19. The molecule has 1 aromatic carbocycles. The Labute approximate surface area is 85.2 Å². The third-order valence-electron chi connectivity index (χ3n) is 0.999. The van der Waals surface area contributed by atoms with Crippen molar-refractivity contribution in [1.82, 2.24) is 0 Å². The quantitative estimate of drug-likeness (QED) is 0.733. The van der Waals surface area contributed by atoms with Gasteiger partial charge in [0, 0.05) is 36.9 Å². The van der Waals surface area contributed by atoms with Crippen molar-refractivity contribution in [3.8, 4) is 5.75 Å². The first-order chi connectivity index (χ1) is 4.43. The third-order valence-corrected chi connectivity index (χ3v) is 0.999. The molecule has 0 saturated heterocycles. The van der Waals surface area contributed by atoms with E-state index in [9.17, 15) is 0 Å². The summed E-state index contributed by atoms with van der Waals surface area (Å²) in [7, 11) is 0. The van der Waals surface area contributed by atoms with E-state index in [1.54, 1.807) is 0 Å². The van der Waals surface area contributed by atoms with Crippen molar-refractivity contribution in [3.05, 3.63) is 30.3 Å². The molecule has 0 radical (unpaired) electrons. The number of hydrogen-bond acceptors (Lipinski definition) is 1. The van der Waals surface area contributed by atoms with Crippen LogP contribution in [0, 0.1) is 37.2 Å². The summed E-state index contributed by atoms with van der Waals surface area (Å²) in [5, 5.41) is 0. The van der Waals surface area contributed by atoms with E-state index < -0.39 is 0 Å². The molecule has 1 nitrogen and oxygen atoms in total. The summed E-state index contributed by atoms with van der Waals surface area (Å²) < 4.78 is 5.19. The first kappa shape index (κ1) is 10.1. The predicted molar refractivity (Wildman–Crippen MR) is 36.4 cm³/mol. The first-order valence-corrected chi connectivity index (χ1v) is 3.02. The molecule has 2 heteroatoms. The van der Waals surface area contributed by atoms with Gasteiger partial charge in [0.25, 0.3) is 0 Å². The van der Waals surface area contributed by atoms with Crippen LogP contribution in [0.15, 0.2) is 24.3 Å². The Morgan fingerprint density at radius 1 is 1.40 bits per heavy atom. The molecule has 0 amide bonds. The van der Waals surface area contributed by atoms with Crippen LogP contribution in [0.2, 0.25) is 0 Å². The molecule has 10 heavy (non-hydrogen) atoms. The Kier molecular flexibility index (Phi) is 5.87. The zero-order chi connectivity index (χ0) is 6.53. The minimum atomic E-state index is 0. The van der Waals surface area contributed by atoms with Gasteiger partial charge in [-0.15, -0.1) is 12.1 Å². The minimum absolute atomic E-state index is 0. The van der Waals surface area contributed by atoms with Crippen molar-refractivity contribution in [2.75, 3.05) is 6.61 Å². The first-order valence-electron chi connectivity index (χ1n) is 3.02. The van der Waals surface area contributed by atoms with Gasteiger partial charge >= 0.3 is 0 Å². The zero-order valence-corrected chi connectivity index (χ0v) is 10.1. The SMILES string of the molecule is CCOc1cc[c-]cc1.[U]. The minimum Gasteiger partial charge on any atom is -0.519 e. The van der Waals surface area contributed by atoms with Gasteiger partial charge in [0.05, 0.1) is 6.61 Å². The van der Waals surface area contributed by atoms with Crippen molar-refractivity contribution in [3.63, 3.8) is 0 Å². The summed E-state index contributed by atoms with van der Waals surface area (Å²) in [6.45, 7) is 2.70. The summed E-state index contributed by atoms with van der Waals surface area (Å²) in [4.78, 5) is 0. The van der Waals surface area contributed by atoms with Crippen molar-refractivity contribution < 1.29 is 35.9 Å². The molecule has 0 bridgehead atoms. The molecule has 0 fully saturated rings. The van der Waals surface area contributed by atoms with Crippen molar-refractivity contribution in [1.29, 1.82) is 0 Å². The monoisotopic (exact) mass is 359 g/mol. The van der Waals surface area contributed by atoms with Crippen molar-refractivity contribution >= 4 is 0 Å². The molecule has 0 saturated carbocycles. The van der Waals surface area contributed by atoms with Crippen LogP contribution in [0.25, 0.3) is 0 Å². The number of hydrogen-bond donors (Lipinski definition) is 0. The Morgan fingerprint density at radius 2 is 2.00 bits per heavy atom. The molecule has 52 valence electrons. The van der Waals surface area contributed by atoms with Crippen molar-refractivity contribution in [2.45, 2.75) is 6.92 Å². The molecular formula is C8H9OU-. The maximum atomic E-state index is 5.19. The molecular weight excluding hydrogens is 350 g/mol. The second kappa shape index (κ2) is 5.83. The van der Waals surface area contributed by atoms with Gasteiger partial charge in [0.15, 0.2) is 0 Å². The molecule has 0 aliphatic rings. The molecule has 0 spiro atoms. The number of benzene rings is 1. The normalized spacial score (nSPS) is 8.10. The van der Waals surface area contributed by atoms with Gasteiger partial charge in [0.2, 0.25) is 0 Å². The standard InChI is InChI=1S/C8H9O.U/c1-2-9-8-6-4-3-5-7-8;/h4-7H,2H2,1H3;/q-1;. The van der Waals surface area contributed by atoms with Crippen LogP contribution < -0.4 is 4.74 Å². The second-order valence-corrected chi connectivity index (χ2v) is 1.67. The number of rotatable bonds is 2. The molecule has 0 atom stereocenters. The van der Waals surface area contributed by atoms with Crippen LogP contribution in [0.1, 0.15) is 6.92 Å². The molecule has 1 aromatic rings. The van der Waals surface area contributed by atoms with Crippen LogP contribution in [0.3, 0.4) is 0 Å². The van der Waals surface area contributed by atoms with Crippen LogP contribution >= 0.6 is 0 Å².